The predicted molar refractivity (Wildman–Crippen MR) is 110 cm³/mol. The number of benzene rings is 1. The number of aromatic nitrogens is 4. The predicted octanol–water partition coefficient (Wildman–Crippen LogP) is 3.56. The average molecular weight is 371 g/mol. The summed E-state index contributed by atoms with van der Waals surface area (Å²) in [6.45, 7) is 19.5. The lowest BCUT2D eigenvalue weighted by Gasteiger charge is -2.42. The van der Waals surface area contributed by atoms with E-state index in [1.165, 1.54) is 16.8 Å². The first kappa shape index (κ1) is 19.8. The van der Waals surface area contributed by atoms with E-state index in [0.29, 0.717) is 5.92 Å². The Bertz CT molecular complexity index is 765. The van der Waals surface area contributed by atoms with Crippen molar-refractivity contribution in [1.29, 1.82) is 0 Å². The number of anilines is 1. The van der Waals surface area contributed by atoms with Crippen LogP contribution in [0.2, 0.25) is 0 Å². The van der Waals surface area contributed by atoms with Gasteiger partial charge in [-0.3, -0.25) is 4.90 Å². The standard InChI is InChI=1S/C21H34N6/c1-15(2)19(20-22-23-24-27(20)21(5,6)7)26-13-11-25(12-14-26)18-10-8-9-16(3)17(18)4/h8-10,15,19H,11-14H2,1-7H3/t19-/m0/s1. The van der Waals surface area contributed by atoms with Crippen molar-refractivity contribution < 1.29 is 0 Å². The van der Waals surface area contributed by atoms with Gasteiger partial charge in [0.2, 0.25) is 0 Å². The zero-order valence-corrected chi connectivity index (χ0v) is 17.9. The van der Waals surface area contributed by atoms with Crippen LogP contribution >= 0.6 is 0 Å². The summed E-state index contributed by atoms with van der Waals surface area (Å²) in [7, 11) is 0. The van der Waals surface area contributed by atoms with Gasteiger partial charge in [-0.1, -0.05) is 26.0 Å². The topological polar surface area (TPSA) is 50.1 Å². The van der Waals surface area contributed by atoms with Gasteiger partial charge in [-0.05, 0) is 68.2 Å². The molecule has 1 saturated heterocycles. The lowest BCUT2D eigenvalue weighted by atomic mass is 9.99. The fraction of sp³-hybridized carbons (Fsp3) is 0.667. The second-order valence-electron chi connectivity index (χ2n) is 9.05. The molecule has 0 N–H and O–H groups in total. The highest BCUT2D eigenvalue weighted by molar-refractivity contribution is 5.56. The van der Waals surface area contributed by atoms with Gasteiger partial charge in [0.1, 0.15) is 0 Å². The fourth-order valence-electron chi connectivity index (χ4n) is 4.06. The fourth-order valence-corrected chi connectivity index (χ4v) is 4.06. The second-order valence-corrected chi connectivity index (χ2v) is 9.05. The van der Waals surface area contributed by atoms with Gasteiger partial charge in [0, 0.05) is 31.9 Å². The molecule has 0 saturated carbocycles. The van der Waals surface area contributed by atoms with Crippen LogP contribution in [-0.2, 0) is 5.54 Å². The van der Waals surface area contributed by atoms with Crippen LogP contribution in [0.25, 0.3) is 0 Å². The molecule has 0 radical (unpaired) electrons. The molecule has 6 nitrogen and oxygen atoms in total. The van der Waals surface area contributed by atoms with Gasteiger partial charge in [-0.2, -0.15) is 0 Å². The molecule has 2 aromatic rings. The normalized spacial score (nSPS) is 17.6. The van der Waals surface area contributed by atoms with Crippen LogP contribution < -0.4 is 4.90 Å². The third kappa shape index (κ3) is 4.00. The van der Waals surface area contributed by atoms with Crippen molar-refractivity contribution >= 4 is 5.69 Å². The average Bonchev–Trinajstić information content (AvgIpc) is 3.07. The van der Waals surface area contributed by atoms with Crippen molar-refractivity contribution in [1.82, 2.24) is 25.1 Å². The summed E-state index contributed by atoms with van der Waals surface area (Å²) in [6, 6.07) is 6.84. The highest BCUT2D eigenvalue weighted by atomic mass is 15.6. The van der Waals surface area contributed by atoms with Gasteiger partial charge in [0.15, 0.2) is 5.82 Å². The lowest BCUT2D eigenvalue weighted by Crippen LogP contribution is -2.49. The van der Waals surface area contributed by atoms with Gasteiger partial charge in [0.25, 0.3) is 0 Å². The molecule has 0 spiro atoms. The maximum absolute atomic E-state index is 4.43. The van der Waals surface area contributed by atoms with E-state index >= 15 is 0 Å². The maximum Gasteiger partial charge on any atom is 0.169 e. The highest BCUT2D eigenvalue weighted by Crippen LogP contribution is 2.31. The molecular weight excluding hydrogens is 336 g/mol. The minimum Gasteiger partial charge on any atom is -0.369 e. The molecule has 3 rings (SSSR count). The summed E-state index contributed by atoms with van der Waals surface area (Å²) in [5.74, 6) is 1.43. The van der Waals surface area contributed by atoms with Crippen LogP contribution in [0.15, 0.2) is 18.2 Å². The summed E-state index contributed by atoms with van der Waals surface area (Å²) < 4.78 is 1.99. The van der Waals surface area contributed by atoms with Crippen molar-refractivity contribution in [2.75, 3.05) is 31.1 Å². The van der Waals surface area contributed by atoms with E-state index in [-0.39, 0.29) is 11.6 Å². The Hall–Kier alpha value is -1.95. The summed E-state index contributed by atoms with van der Waals surface area (Å²) in [5, 5.41) is 12.7. The Morgan fingerprint density at radius 1 is 1.00 bits per heavy atom. The summed E-state index contributed by atoms with van der Waals surface area (Å²) in [6.07, 6.45) is 0. The Balaban J connectivity index is 1.79. The molecule has 1 fully saturated rings. The first-order chi connectivity index (χ1) is 12.7. The van der Waals surface area contributed by atoms with Crippen LogP contribution in [0.1, 0.15) is 57.6 Å². The van der Waals surface area contributed by atoms with Gasteiger partial charge < -0.3 is 4.90 Å². The zero-order valence-electron chi connectivity index (χ0n) is 17.9. The number of tetrazole rings is 1. The molecule has 6 heteroatoms. The first-order valence-corrected chi connectivity index (χ1v) is 10.0. The molecule has 1 aliphatic heterocycles. The lowest BCUT2D eigenvalue weighted by molar-refractivity contribution is 0.128. The van der Waals surface area contributed by atoms with Crippen molar-refractivity contribution in [2.45, 2.75) is 60.0 Å². The summed E-state index contributed by atoms with van der Waals surface area (Å²) in [4.78, 5) is 5.07. The van der Waals surface area contributed by atoms with E-state index in [4.69, 9.17) is 0 Å². The number of piperazine rings is 1. The minimum absolute atomic E-state index is 0.119. The van der Waals surface area contributed by atoms with Gasteiger partial charge in [0.05, 0.1) is 11.6 Å². The van der Waals surface area contributed by atoms with Crippen LogP contribution in [0, 0.1) is 19.8 Å². The van der Waals surface area contributed by atoms with Crippen LogP contribution in [0.5, 0.6) is 0 Å². The maximum atomic E-state index is 4.43. The number of rotatable bonds is 4. The molecule has 27 heavy (non-hydrogen) atoms. The SMILES string of the molecule is Cc1cccc(N2CCN([C@H](c3nnnn3C(C)(C)C)C(C)C)CC2)c1C. The third-order valence-electron chi connectivity index (χ3n) is 5.65. The Labute approximate surface area is 163 Å². The van der Waals surface area contributed by atoms with Crippen molar-refractivity contribution in [3.63, 3.8) is 0 Å². The van der Waals surface area contributed by atoms with Crippen molar-refractivity contribution in [3.05, 3.63) is 35.2 Å². The second kappa shape index (κ2) is 7.58. The largest absolute Gasteiger partial charge is 0.369 e. The van der Waals surface area contributed by atoms with E-state index < -0.39 is 0 Å². The molecule has 0 amide bonds. The van der Waals surface area contributed by atoms with E-state index in [0.717, 1.165) is 32.0 Å². The molecule has 0 bridgehead atoms. The molecule has 1 atom stereocenters. The highest BCUT2D eigenvalue weighted by Gasteiger charge is 2.34. The summed E-state index contributed by atoms with van der Waals surface area (Å²) >= 11 is 0. The van der Waals surface area contributed by atoms with Crippen LogP contribution in [0.3, 0.4) is 0 Å². The molecule has 1 aromatic heterocycles. The number of hydrogen-bond acceptors (Lipinski definition) is 5. The minimum atomic E-state index is -0.119. The monoisotopic (exact) mass is 370 g/mol. The van der Waals surface area contributed by atoms with E-state index in [1.807, 2.05) is 4.68 Å². The third-order valence-corrected chi connectivity index (χ3v) is 5.65. The number of nitrogens with zero attached hydrogens (tertiary/aromatic N) is 6. The van der Waals surface area contributed by atoms with Gasteiger partial charge in [-0.15, -0.1) is 5.10 Å². The molecule has 1 aliphatic rings. The zero-order chi connectivity index (χ0) is 19.8. The summed E-state index contributed by atoms with van der Waals surface area (Å²) in [5.41, 5.74) is 4.00. The molecule has 1 aromatic carbocycles. The van der Waals surface area contributed by atoms with Crippen molar-refractivity contribution in [2.24, 2.45) is 5.92 Å². The van der Waals surface area contributed by atoms with E-state index in [9.17, 15) is 0 Å². The Morgan fingerprint density at radius 2 is 1.67 bits per heavy atom. The molecule has 148 valence electrons. The van der Waals surface area contributed by atoms with Gasteiger partial charge >= 0.3 is 0 Å². The molecule has 2 heterocycles. The van der Waals surface area contributed by atoms with Gasteiger partial charge in [-0.25, -0.2) is 4.68 Å². The molecular formula is C21H34N6. The molecule has 0 aliphatic carbocycles. The van der Waals surface area contributed by atoms with Crippen LogP contribution in [0.4, 0.5) is 5.69 Å². The van der Waals surface area contributed by atoms with Crippen LogP contribution in [-0.4, -0.2) is 51.3 Å². The number of hydrogen-bond donors (Lipinski definition) is 0. The van der Waals surface area contributed by atoms with Crippen molar-refractivity contribution in [3.8, 4) is 0 Å². The quantitative estimate of drug-likeness (QED) is 0.823. The smallest absolute Gasteiger partial charge is 0.169 e. The van der Waals surface area contributed by atoms with E-state index in [2.05, 4.69) is 92.0 Å². The Kier molecular flexibility index (Phi) is 5.56. The molecule has 0 unspecified atom stereocenters. The van der Waals surface area contributed by atoms with E-state index in [1.54, 1.807) is 0 Å². The Morgan fingerprint density at radius 3 is 2.26 bits per heavy atom. The first-order valence-electron chi connectivity index (χ1n) is 10.0. The number of aryl methyl sites for hydroxylation is 1.